The molecule has 0 bridgehead atoms. The highest BCUT2D eigenvalue weighted by molar-refractivity contribution is 5.20. The Hall–Kier alpha value is -1.94. The third kappa shape index (κ3) is 4.67. The number of rotatable bonds is 6. The van der Waals surface area contributed by atoms with Crippen molar-refractivity contribution in [3.8, 4) is 5.75 Å². The van der Waals surface area contributed by atoms with Gasteiger partial charge in [-0.05, 0) is 36.8 Å². The van der Waals surface area contributed by atoms with Crippen LogP contribution in [0.3, 0.4) is 0 Å². The van der Waals surface area contributed by atoms with Gasteiger partial charge in [-0.2, -0.15) is 0 Å². The predicted molar refractivity (Wildman–Crippen MR) is 75.0 cm³/mol. The van der Waals surface area contributed by atoms with Gasteiger partial charge in [-0.15, -0.1) is 0 Å². The van der Waals surface area contributed by atoms with Crippen molar-refractivity contribution < 1.29 is 4.74 Å². The average Bonchev–Trinajstić information content (AvgIpc) is 2.41. The van der Waals surface area contributed by atoms with E-state index in [1.807, 2.05) is 31.2 Å². The highest BCUT2D eigenvalue weighted by atomic mass is 16.5. The van der Waals surface area contributed by atoms with Gasteiger partial charge in [-0.1, -0.05) is 0 Å². The fourth-order valence-corrected chi connectivity index (χ4v) is 1.78. The first-order chi connectivity index (χ1) is 9.24. The zero-order chi connectivity index (χ0) is 13.5. The molecule has 0 radical (unpaired) electrons. The minimum Gasteiger partial charge on any atom is -0.492 e. The summed E-state index contributed by atoms with van der Waals surface area (Å²) in [5.41, 5.74) is 7.95. The first-order valence-corrected chi connectivity index (χ1v) is 6.46. The second kappa shape index (κ2) is 6.85. The van der Waals surface area contributed by atoms with Crippen LogP contribution in [0.5, 0.6) is 5.75 Å². The van der Waals surface area contributed by atoms with E-state index in [1.165, 1.54) is 5.56 Å². The predicted octanol–water partition coefficient (Wildman–Crippen LogP) is 1.99. The normalized spacial score (nSPS) is 12.1. The number of pyridine rings is 2. The van der Waals surface area contributed by atoms with Gasteiger partial charge in [-0.3, -0.25) is 9.97 Å². The molecule has 2 aromatic heterocycles. The standard InChI is InChI=1S/C15H19N3O/c1-12(16)10-14-2-3-15(11-18-14)19-9-6-13-4-7-17-8-5-13/h2-5,7-8,11-12H,6,9-10,16H2,1H3. The number of nitrogens with two attached hydrogens (primary N) is 1. The summed E-state index contributed by atoms with van der Waals surface area (Å²) >= 11 is 0. The lowest BCUT2D eigenvalue weighted by molar-refractivity contribution is 0.320. The minimum atomic E-state index is 0.131. The first-order valence-electron chi connectivity index (χ1n) is 6.46. The number of ether oxygens (including phenoxy) is 1. The van der Waals surface area contributed by atoms with Gasteiger partial charge in [0.1, 0.15) is 5.75 Å². The SMILES string of the molecule is CC(N)Cc1ccc(OCCc2ccncc2)cn1. The van der Waals surface area contributed by atoms with Gasteiger partial charge in [0.15, 0.2) is 0 Å². The van der Waals surface area contributed by atoms with Crippen LogP contribution in [0.2, 0.25) is 0 Å². The molecule has 19 heavy (non-hydrogen) atoms. The lowest BCUT2D eigenvalue weighted by atomic mass is 10.2. The van der Waals surface area contributed by atoms with Gasteiger partial charge in [0, 0.05) is 37.0 Å². The van der Waals surface area contributed by atoms with Crippen LogP contribution >= 0.6 is 0 Å². The lowest BCUT2D eigenvalue weighted by Gasteiger charge is -2.08. The van der Waals surface area contributed by atoms with Crippen LogP contribution in [0, 0.1) is 0 Å². The number of nitrogens with zero attached hydrogens (tertiary/aromatic N) is 2. The van der Waals surface area contributed by atoms with Crippen LogP contribution in [0.1, 0.15) is 18.2 Å². The zero-order valence-corrected chi connectivity index (χ0v) is 11.1. The van der Waals surface area contributed by atoms with E-state index in [0.717, 1.165) is 24.3 Å². The van der Waals surface area contributed by atoms with Crippen molar-refractivity contribution in [2.24, 2.45) is 5.73 Å². The topological polar surface area (TPSA) is 61.0 Å². The molecule has 2 heterocycles. The summed E-state index contributed by atoms with van der Waals surface area (Å²) < 4.78 is 5.66. The van der Waals surface area contributed by atoms with Crippen molar-refractivity contribution in [3.05, 3.63) is 54.1 Å². The molecule has 0 aliphatic heterocycles. The van der Waals surface area contributed by atoms with E-state index in [1.54, 1.807) is 18.6 Å². The summed E-state index contributed by atoms with van der Waals surface area (Å²) in [6.07, 6.45) is 6.99. The van der Waals surface area contributed by atoms with Crippen LogP contribution in [-0.2, 0) is 12.8 Å². The molecule has 0 spiro atoms. The molecule has 1 atom stereocenters. The molecule has 4 heteroatoms. The molecule has 100 valence electrons. The molecule has 0 saturated carbocycles. The molecule has 0 aliphatic rings. The van der Waals surface area contributed by atoms with Crippen molar-refractivity contribution in [1.82, 2.24) is 9.97 Å². The molecule has 0 aromatic carbocycles. The Kier molecular flexibility index (Phi) is 4.86. The summed E-state index contributed by atoms with van der Waals surface area (Å²) in [6, 6.07) is 8.02. The third-order valence-corrected chi connectivity index (χ3v) is 2.74. The Morgan fingerprint density at radius 2 is 2.00 bits per heavy atom. The van der Waals surface area contributed by atoms with Crippen LogP contribution in [0.15, 0.2) is 42.9 Å². The first kappa shape index (κ1) is 13.5. The molecular weight excluding hydrogens is 238 g/mol. The second-order valence-corrected chi connectivity index (χ2v) is 4.62. The Balaban J connectivity index is 1.80. The van der Waals surface area contributed by atoms with E-state index in [4.69, 9.17) is 10.5 Å². The Morgan fingerprint density at radius 1 is 1.21 bits per heavy atom. The summed E-state index contributed by atoms with van der Waals surface area (Å²) in [7, 11) is 0. The molecule has 0 saturated heterocycles. The lowest BCUT2D eigenvalue weighted by Crippen LogP contribution is -2.18. The molecule has 0 fully saturated rings. The van der Waals surface area contributed by atoms with Gasteiger partial charge >= 0.3 is 0 Å². The van der Waals surface area contributed by atoms with E-state index in [9.17, 15) is 0 Å². The summed E-state index contributed by atoms with van der Waals surface area (Å²) in [4.78, 5) is 8.31. The number of hydrogen-bond acceptors (Lipinski definition) is 4. The van der Waals surface area contributed by atoms with Crippen molar-refractivity contribution in [2.45, 2.75) is 25.8 Å². The number of hydrogen-bond donors (Lipinski definition) is 1. The van der Waals surface area contributed by atoms with Gasteiger partial charge in [-0.25, -0.2) is 0 Å². The van der Waals surface area contributed by atoms with Crippen molar-refractivity contribution in [3.63, 3.8) is 0 Å². The van der Waals surface area contributed by atoms with Gasteiger partial charge in [0.2, 0.25) is 0 Å². The Labute approximate surface area is 113 Å². The highest BCUT2D eigenvalue weighted by Gasteiger charge is 2.00. The van der Waals surface area contributed by atoms with Gasteiger partial charge in [0.05, 0.1) is 12.8 Å². The van der Waals surface area contributed by atoms with E-state index in [0.29, 0.717) is 6.61 Å². The van der Waals surface area contributed by atoms with Crippen molar-refractivity contribution in [2.75, 3.05) is 6.61 Å². The fourth-order valence-electron chi connectivity index (χ4n) is 1.78. The molecule has 2 N–H and O–H groups in total. The quantitative estimate of drug-likeness (QED) is 0.859. The van der Waals surface area contributed by atoms with Crippen LogP contribution in [0.25, 0.3) is 0 Å². The fraction of sp³-hybridized carbons (Fsp3) is 0.333. The zero-order valence-electron chi connectivity index (χ0n) is 11.1. The maximum absolute atomic E-state index is 5.73. The van der Waals surface area contributed by atoms with E-state index < -0.39 is 0 Å². The van der Waals surface area contributed by atoms with Gasteiger partial charge < -0.3 is 10.5 Å². The third-order valence-electron chi connectivity index (χ3n) is 2.74. The highest BCUT2D eigenvalue weighted by Crippen LogP contribution is 2.10. The largest absolute Gasteiger partial charge is 0.492 e. The maximum Gasteiger partial charge on any atom is 0.137 e. The molecule has 2 aromatic rings. The summed E-state index contributed by atoms with van der Waals surface area (Å²) in [5.74, 6) is 0.794. The molecule has 2 rings (SSSR count). The van der Waals surface area contributed by atoms with Crippen molar-refractivity contribution in [1.29, 1.82) is 0 Å². The maximum atomic E-state index is 5.73. The van der Waals surface area contributed by atoms with E-state index in [2.05, 4.69) is 9.97 Å². The van der Waals surface area contributed by atoms with E-state index in [-0.39, 0.29) is 6.04 Å². The summed E-state index contributed by atoms with van der Waals surface area (Å²) in [6.45, 7) is 2.61. The Bertz CT molecular complexity index is 483. The monoisotopic (exact) mass is 257 g/mol. The minimum absolute atomic E-state index is 0.131. The molecule has 0 amide bonds. The van der Waals surface area contributed by atoms with Crippen molar-refractivity contribution >= 4 is 0 Å². The summed E-state index contributed by atoms with van der Waals surface area (Å²) in [5, 5.41) is 0. The Morgan fingerprint density at radius 3 is 2.63 bits per heavy atom. The molecule has 1 unspecified atom stereocenters. The van der Waals surface area contributed by atoms with Crippen LogP contribution < -0.4 is 10.5 Å². The average molecular weight is 257 g/mol. The molecule has 4 nitrogen and oxygen atoms in total. The smallest absolute Gasteiger partial charge is 0.137 e. The van der Waals surface area contributed by atoms with E-state index >= 15 is 0 Å². The number of aromatic nitrogens is 2. The van der Waals surface area contributed by atoms with Gasteiger partial charge in [0.25, 0.3) is 0 Å². The van der Waals surface area contributed by atoms with Crippen LogP contribution in [-0.4, -0.2) is 22.6 Å². The molecular formula is C15H19N3O. The molecule has 0 aliphatic carbocycles. The second-order valence-electron chi connectivity index (χ2n) is 4.62. The van der Waals surface area contributed by atoms with Crippen LogP contribution in [0.4, 0.5) is 0 Å².